The second kappa shape index (κ2) is 8.45. The summed E-state index contributed by atoms with van der Waals surface area (Å²) in [5, 5.41) is 21.1. The van der Waals surface area contributed by atoms with E-state index in [0.29, 0.717) is 18.9 Å². The third-order valence-corrected chi connectivity index (χ3v) is 3.42. The summed E-state index contributed by atoms with van der Waals surface area (Å²) in [5.74, 6) is -0.363. The molecule has 1 heterocycles. The molecule has 1 fully saturated rings. The van der Waals surface area contributed by atoms with Crippen LogP contribution in [0, 0.1) is 5.92 Å². The third-order valence-electron chi connectivity index (χ3n) is 3.42. The number of carbonyl (C=O) groups is 1. The number of carboxylic acid groups (broad SMARTS) is 1. The molecule has 0 saturated carbocycles. The number of hydrogen-bond donors (Lipinski definition) is 3. The highest BCUT2D eigenvalue weighted by molar-refractivity contribution is 5.72. The van der Waals surface area contributed by atoms with Crippen molar-refractivity contribution in [1.29, 1.82) is 0 Å². The molecule has 3 atom stereocenters. The van der Waals surface area contributed by atoms with E-state index in [1.165, 1.54) is 0 Å². The van der Waals surface area contributed by atoms with E-state index >= 15 is 0 Å². The number of rotatable bonds is 9. The van der Waals surface area contributed by atoms with Gasteiger partial charge in [0.15, 0.2) is 6.10 Å². The highest BCUT2D eigenvalue weighted by atomic mass is 16.5. The standard InChI is InChI=1S/C13H25NO4/c1-2-3-10(6-7-15)8-14-9-11-4-5-12(18-11)13(16)17/h10-12,14-15H,2-9H2,1H3,(H,16,17). The van der Waals surface area contributed by atoms with Gasteiger partial charge in [-0.1, -0.05) is 13.3 Å². The van der Waals surface area contributed by atoms with Crippen LogP contribution in [0.4, 0.5) is 0 Å². The van der Waals surface area contributed by atoms with Crippen molar-refractivity contribution < 1.29 is 19.7 Å². The zero-order valence-corrected chi connectivity index (χ0v) is 11.1. The lowest BCUT2D eigenvalue weighted by molar-refractivity contribution is -0.149. The molecule has 3 N–H and O–H groups in total. The molecule has 5 nitrogen and oxygen atoms in total. The van der Waals surface area contributed by atoms with E-state index in [4.69, 9.17) is 14.9 Å². The van der Waals surface area contributed by atoms with Gasteiger partial charge in [-0.05, 0) is 38.1 Å². The fourth-order valence-corrected chi connectivity index (χ4v) is 2.43. The molecule has 1 rings (SSSR count). The monoisotopic (exact) mass is 259 g/mol. The van der Waals surface area contributed by atoms with Crippen molar-refractivity contribution in [2.45, 2.75) is 51.2 Å². The number of ether oxygens (including phenoxy) is 1. The predicted molar refractivity (Wildman–Crippen MR) is 68.5 cm³/mol. The van der Waals surface area contributed by atoms with Crippen molar-refractivity contribution in [3.63, 3.8) is 0 Å². The van der Waals surface area contributed by atoms with E-state index in [9.17, 15) is 4.79 Å². The molecule has 5 heteroatoms. The summed E-state index contributed by atoms with van der Waals surface area (Å²) in [5.41, 5.74) is 0. The van der Waals surface area contributed by atoms with Crippen molar-refractivity contribution in [2.24, 2.45) is 5.92 Å². The second-order valence-corrected chi connectivity index (χ2v) is 4.99. The van der Waals surface area contributed by atoms with Crippen LogP contribution in [-0.2, 0) is 9.53 Å². The first-order valence-electron chi connectivity index (χ1n) is 6.87. The first kappa shape index (κ1) is 15.4. The van der Waals surface area contributed by atoms with E-state index in [1.54, 1.807) is 0 Å². The van der Waals surface area contributed by atoms with Gasteiger partial charge in [0.25, 0.3) is 0 Å². The summed E-state index contributed by atoms with van der Waals surface area (Å²) < 4.78 is 5.41. The van der Waals surface area contributed by atoms with Crippen molar-refractivity contribution in [3.8, 4) is 0 Å². The van der Waals surface area contributed by atoms with Gasteiger partial charge in [-0.2, -0.15) is 0 Å². The van der Waals surface area contributed by atoms with Crippen LogP contribution in [0.3, 0.4) is 0 Å². The molecule has 1 saturated heterocycles. The Labute approximate surface area is 109 Å². The van der Waals surface area contributed by atoms with E-state index in [1.807, 2.05) is 0 Å². The maximum absolute atomic E-state index is 10.7. The van der Waals surface area contributed by atoms with Gasteiger partial charge in [-0.25, -0.2) is 4.79 Å². The molecule has 0 amide bonds. The van der Waals surface area contributed by atoms with Crippen molar-refractivity contribution in [2.75, 3.05) is 19.7 Å². The Kier molecular flexibility index (Phi) is 7.23. The normalized spacial score (nSPS) is 25.2. The van der Waals surface area contributed by atoms with Gasteiger partial charge in [0.1, 0.15) is 0 Å². The van der Waals surface area contributed by atoms with Crippen LogP contribution < -0.4 is 5.32 Å². The largest absolute Gasteiger partial charge is 0.479 e. The highest BCUT2D eigenvalue weighted by Crippen LogP contribution is 2.19. The number of aliphatic carboxylic acids is 1. The lowest BCUT2D eigenvalue weighted by Crippen LogP contribution is -2.32. The lowest BCUT2D eigenvalue weighted by Gasteiger charge is -2.18. The fraction of sp³-hybridized carbons (Fsp3) is 0.923. The molecule has 3 unspecified atom stereocenters. The molecular weight excluding hydrogens is 234 g/mol. The Morgan fingerprint density at radius 3 is 2.78 bits per heavy atom. The van der Waals surface area contributed by atoms with Crippen molar-refractivity contribution in [3.05, 3.63) is 0 Å². The minimum absolute atomic E-state index is 0.0162. The highest BCUT2D eigenvalue weighted by Gasteiger charge is 2.30. The van der Waals surface area contributed by atoms with Gasteiger partial charge < -0.3 is 20.3 Å². The number of aliphatic hydroxyl groups excluding tert-OH is 1. The molecule has 0 aromatic rings. The molecule has 0 aliphatic carbocycles. The summed E-state index contributed by atoms with van der Waals surface area (Å²) >= 11 is 0. The molecule has 0 aromatic heterocycles. The Morgan fingerprint density at radius 2 is 2.22 bits per heavy atom. The van der Waals surface area contributed by atoms with Crippen LogP contribution in [0.2, 0.25) is 0 Å². The number of hydrogen-bond acceptors (Lipinski definition) is 4. The lowest BCUT2D eigenvalue weighted by atomic mass is 10.0. The first-order chi connectivity index (χ1) is 8.67. The zero-order chi connectivity index (χ0) is 13.4. The Hall–Kier alpha value is -0.650. The molecule has 1 aliphatic rings. The Bertz CT molecular complexity index is 241. The Morgan fingerprint density at radius 1 is 1.44 bits per heavy atom. The molecule has 0 aromatic carbocycles. The Balaban J connectivity index is 2.15. The molecule has 1 aliphatic heterocycles. The number of nitrogens with one attached hydrogen (secondary N) is 1. The van der Waals surface area contributed by atoms with Gasteiger partial charge in [-0.15, -0.1) is 0 Å². The third kappa shape index (κ3) is 5.33. The molecule has 0 radical (unpaired) electrons. The smallest absolute Gasteiger partial charge is 0.332 e. The summed E-state index contributed by atoms with van der Waals surface area (Å²) in [6.07, 6.45) is 3.86. The van der Waals surface area contributed by atoms with Crippen LogP contribution in [0.25, 0.3) is 0 Å². The van der Waals surface area contributed by atoms with Crippen LogP contribution in [-0.4, -0.2) is 48.1 Å². The van der Waals surface area contributed by atoms with Crippen LogP contribution >= 0.6 is 0 Å². The molecule has 0 spiro atoms. The van der Waals surface area contributed by atoms with Gasteiger partial charge >= 0.3 is 5.97 Å². The van der Waals surface area contributed by atoms with Gasteiger partial charge in [-0.3, -0.25) is 0 Å². The molecule has 18 heavy (non-hydrogen) atoms. The average molecular weight is 259 g/mol. The zero-order valence-electron chi connectivity index (χ0n) is 11.1. The van der Waals surface area contributed by atoms with Crippen LogP contribution in [0.15, 0.2) is 0 Å². The summed E-state index contributed by atoms with van der Waals surface area (Å²) in [7, 11) is 0. The number of carboxylic acids is 1. The summed E-state index contributed by atoms with van der Waals surface area (Å²) in [6.45, 7) is 3.94. The van der Waals surface area contributed by atoms with Crippen molar-refractivity contribution >= 4 is 5.97 Å². The van der Waals surface area contributed by atoms with Gasteiger partial charge in [0.2, 0.25) is 0 Å². The molecule has 106 valence electrons. The van der Waals surface area contributed by atoms with E-state index < -0.39 is 12.1 Å². The predicted octanol–water partition coefficient (Wildman–Crippen LogP) is 1.01. The second-order valence-electron chi connectivity index (χ2n) is 4.99. The van der Waals surface area contributed by atoms with Crippen molar-refractivity contribution in [1.82, 2.24) is 5.32 Å². The summed E-state index contributed by atoms with van der Waals surface area (Å²) in [4.78, 5) is 10.7. The maximum atomic E-state index is 10.7. The fourth-order valence-electron chi connectivity index (χ4n) is 2.43. The van der Waals surface area contributed by atoms with E-state index in [2.05, 4.69) is 12.2 Å². The van der Waals surface area contributed by atoms with E-state index in [-0.39, 0.29) is 12.7 Å². The van der Waals surface area contributed by atoms with Gasteiger partial charge in [0.05, 0.1) is 6.10 Å². The van der Waals surface area contributed by atoms with Crippen LogP contribution in [0.5, 0.6) is 0 Å². The maximum Gasteiger partial charge on any atom is 0.332 e. The SMILES string of the molecule is CCCC(CCO)CNCC1CCC(C(=O)O)O1. The van der Waals surface area contributed by atoms with E-state index in [0.717, 1.165) is 32.2 Å². The quantitative estimate of drug-likeness (QED) is 0.576. The van der Waals surface area contributed by atoms with Crippen LogP contribution in [0.1, 0.15) is 39.0 Å². The summed E-state index contributed by atoms with van der Waals surface area (Å²) in [6, 6.07) is 0. The minimum Gasteiger partial charge on any atom is -0.479 e. The average Bonchev–Trinajstić information content (AvgIpc) is 2.78. The topological polar surface area (TPSA) is 78.8 Å². The number of aliphatic hydroxyl groups is 1. The minimum atomic E-state index is -0.860. The molecule has 0 bridgehead atoms. The van der Waals surface area contributed by atoms with Gasteiger partial charge in [0, 0.05) is 13.2 Å². The molecular formula is C13H25NO4. The first-order valence-corrected chi connectivity index (χ1v) is 6.87.